The van der Waals surface area contributed by atoms with Gasteiger partial charge < -0.3 is 0 Å². The van der Waals surface area contributed by atoms with E-state index < -0.39 is 0 Å². The van der Waals surface area contributed by atoms with Crippen LogP contribution in [0.4, 0.5) is 0 Å². The first-order chi connectivity index (χ1) is 16.1. The highest BCUT2D eigenvalue weighted by Gasteiger charge is 2.47. The molecule has 0 radical (unpaired) electrons. The Morgan fingerprint density at radius 1 is 0.824 bits per heavy atom. The molecule has 3 atom stereocenters. The van der Waals surface area contributed by atoms with Crippen LogP contribution in [0.2, 0.25) is 10.0 Å². The van der Waals surface area contributed by atoms with Gasteiger partial charge in [0.15, 0.2) is 0 Å². The molecule has 7 rings (SSSR count). The molecular weight excluding hydrogens is 483 g/mol. The summed E-state index contributed by atoms with van der Waals surface area (Å²) in [4.78, 5) is 5.29. The standard InChI is InChI=1S/C29H30Cl2N2.ClH/c1-32(20-13-15-33(16-14-20)18-19-7-3-2-4-8-19)26-17-23-21-9-5-12-25(31)28(21)29(26)22-10-6-11-24(30)27(22)23;/h2-12,20,23,26,29H,13-18H2,1H3;1H. The monoisotopic (exact) mass is 512 g/mol. The Kier molecular flexibility index (Phi) is 6.99. The molecular formula is C29H31Cl3N2. The summed E-state index contributed by atoms with van der Waals surface area (Å²) >= 11 is 13.6. The lowest BCUT2D eigenvalue weighted by atomic mass is 9.61. The van der Waals surface area contributed by atoms with Crippen LogP contribution in [0.15, 0.2) is 66.7 Å². The largest absolute Gasteiger partial charge is 0.299 e. The van der Waals surface area contributed by atoms with Crippen LogP contribution in [0.5, 0.6) is 0 Å². The van der Waals surface area contributed by atoms with Gasteiger partial charge in [-0.05, 0) is 79.3 Å². The number of fused-ring (bicyclic) bond motifs is 1. The van der Waals surface area contributed by atoms with Crippen LogP contribution in [0.25, 0.3) is 0 Å². The maximum Gasteiger partial charge on any atom is 0.0447 e. The molecule has 0 aromatic heterocycles. The van der Waals surface area contributed by atoms with Crippen molar-refractivity contribution in [1.29, 1.82) is 0 Å². The van der Waals surface area contributed by atoms with Gasteiger partial charge in [-0.15, -0.1) is 12.4 Å². The van der Waals surface area contributed by atoms with E-state index in [1.165, 1.54) is 40.7 Å². The molecule has 0 amide bonds. The van der Waals surface area contributed by atoms with Gasteiger partial charge >= 0.3 is 0 Å². The number of rotatable bonds is 4. The first kappa shape index (κ1) is 24.2. The van der Waals surface area contributed by atoms with Crippen molar-refractivity contribution in [2.24, 2.45) is 0 Å². The molecule has 4 aliphatic rings. The average molecular weight is 514 g/mol. The highest BCUT2D eigenvalue weighted by molar-refractivity contribution is 6.32. The average Bonchev–Trinajstić information content (AvgIpc) is 2.85. The quantitative estimate of drug-likeness (QED) is 0.359. The minimum Gasteiger partial charge on any atom is -0.299 e. The Balaban J connectivity index is 0.00000241. The van der Waals surface area contributed by atoms with E-state index in [4.69, 9.17) is 23.2 Å². The first-order valence-electron chi connectivity index (χ1n) is 12.2. The Labute approximate surface area is 219 Å². The fourth-order valence-corrected chi connectivity index (χ4v) is 7.32. The van der Waals surface area contributed by atoms with Crippen molar-refractivity contribution < 1.29 is 0 Å². The number of piperidine rings is 1. The van der Waals surface area contributed by atoms with Crippen molar-refractivity contribution in [1.82, 2.24) is 9.80 Å². The molecule has 1 saturated heterocycles. The van der Waals surface area contributed by atoms with Gasteiger partial charge in [0, 0.05) is 40.5 Å². The van der Waals surface area contributed by atoms with Gasteiger partial charge in [-0.25, -0.2) is 0 Å². The van der Waals surface area contributed by atoms with E-state index in [0.29, 0.717) is 23.9 Å². The third-order valence-electron chi connectivity index (χ3n) is 8.31. The molecule has 0 spiro atoms. The molecule has 2 bridgehead atoms. The summed E-state index contributed by atoms with van der Waals surface area (Å²) in [6.07, 6.45) is 3.56. The molecule has 178 valence electrons. The number of halogens is 3. The van der Waals surface area contributed by atoms with Crippen molar-refractivity contribution in [3.05, 3.63) is 105 Å². The number of nitrogens with zero attached hydrogens (tertiary/aromatic N) is 2. The number of hydrogen-bond acceptors (Lipinski definition) is 2. The zero-order valence-corrected chi connectivity index (χ0v) is 21.8. The topological polar surface area (TPSA) is 6.48 Å². The zero-order valence-electron chi connectivity index (χ0n) is 19.5. The van der Waals surface area contributed by atoms with E-state index >= 15 is 0 Å². The summed E-state index contributed by atoms with van der Waals surface area (Å²) < 4.78 is 0. The third-order valence-corrected chi connectivity index (χ3v) is 8.97. The fraction of sp³-hybridized carbons (Fsp3) is 0.379. The first-order valence-corrected chi connectivity index (χ1v) is 12.9. The maximum absolute atomic E-state index is 6.84. The lowest BCUT2D eigenvalue weighted by Crippen LogP contribution is -2.52. The molecule has 1 aliphatic heterocycles. The maximum atomic E-state index is 6.84. The molecule has 34 heavy (non-hydrogen) atoms. The fourth-order valence-electron chi connectivity index (χ4n) is 6.71. The van der Waals surface area contributed by atoms with E-state index in [-0.39, 0.29) is 12.4 Å². The molecule has 0 N–H and O–H groups in total. The van der Waals surface area contributed by atoms with E-state index in [9.17, 15) is 0 Å². The minimum atomic E-state index is 0. The van der Waals surface area contributed by atoms with Crippen LogP contribution in [0, 0.1) is 0 Å². The van der Waals surface area contributed by atoms with Crippen molar-refractivity contribution in [2.75, 3.05) is 20.1 Å². The van der Waals surface area contributed by atoms with E-state index in [1.54, 1.807) is 0 Å². The molecule has 0 saturated carbocycles. The summed E-state index contributed by atoms with van der Waals surface area (Å²) in [6, 6.07) is 24.8. The summed E-state index contributed by atoms with van der Waals surface area (Å²) in [7, 11) is 2.35. The van der Waals surface area contributed by atoms with Crippen molar-refractivity contribution in [3.8, 4) is 0 Å². The molecule has 5 heteroatoms. The van der Waals surface area contributed by atoms with Gasteiger partial charge in [-0.2, -0.15) is 0 Å². The van der Waals surface area contributed by atoms with Crippen LogP contribution in [-0.2, 0) is 6.54 Å². The summed E-state index contributed by atoms with van der Waals surface area (Å²) in [5.41, 5.74) is 6.85. The summed E-state index contributed by atoms with van der Waals surface area (Å²) in [5, 5.41) is 1.81. The van der Waals surface area contributed by atoms with Crippen LogP contribution in [0.1, 0.15) is 58.9 Å². The molecule has 1 fully saturated rings. The highest BCUT2D eigenvalue weighted by Crippen LogP contribution is 2.57. The Hall–Kier alpha value is -1.55. The van der Waals surface area contributed by atoms with Gasteiger partial charge in [-0.1, -0.05) is 77.8 Å². The second kappa shape index (κ2) is 9.84. The van der Waals surface area contributed by atoms with Crippen molar-refractivity contribution in [3.63, 3.8) is 0 Å². The third kappa shape index (κ3) is 4.08. The van der Waals surface area contributed by atoms with Crippen molar-refractivity contribution in [2.45, 2.75) is 49.7 Å². The molecule has 3 aliphatic carbocycles. The lowest BCUT2D eigenvalue weighted by molar-refractivity contribution is 0.0748. The Morgan fingerprint density at radius 3 is 2.18 bits per heavy atom. The smallest absolute Gasteiger partial charge is 0.0447 e. The van der Waals surface area contributed by atoms with Crippen LogP contribution < -0.4 is 0 Å². The normalized spacial score (nSPS) is 23.9. The summed E-state index contributed by atoms with van der Waals surface area (Å²) in [6.45, 7) is 3.37. The second-order valence-corrected chi connectivity index (χ2v) is 10.8. The molecule has 2 nitrogen and oxygen atoms in total. The number of benzene rings is 3. The SMILES string of the molecule is CN(C1CCN(Cc2ccccc2)CC1)C1CC2c3cccc(Cl)c3C1c1cccc(Cl)c12.Cl. The predicted molar refractivity (Wildman–Crippen MR) is 145 cm³/mol. The van der Waals surface area contributed by atoms with Gasteiger partial charge in [0.25, 0.3) is 0 Å². The van der Waals surface area contributed by atoms with Crippen LogP contribution >= 0.6 is 35.6 Å². The zero-order chi connectivity index (χ0) is 22.5. The van der Waals surface area contributed by atoms with Crippen LogP contribution in [-0.4, -0.2) is 42.0 Å². The lowest BCUT2D eigenvalue weighted by Gasteiger charge is -2.51. The van der Waals surface area contributed by atoms with Gasteiger partial charge in [0.05, 0.1) is 0 Å². The minimum absolute atomic E-state index is 0. The van der Waals surface area contributed by atoms with E-state index in [1.807, 2.05) is 6.07 Å². The van der Waals surface area contributed by atoms with E-state index in [0.717, 1.165) is 36.1 Å². The molecule has 1 heterocycles. The van der Waals surface area contributed by atoms with Crippen LogP contribution in [0.3, 0.4) is 0 Å². The van der Waals surface area contributed by atoms with Gasteiger partial charge in [0.1, 0.15) is 0 Å². The highest BCUT2D eigenvalue weighted by atomic mass is 35.5. The van der Waals surface area contributed by atoms with Gasteiger partial charge in [-0.3, -0.25) is 9.80 Å². The summed E-state index contributed by atoms with van der Waals surface area (Å²) in [5.74, 6) is 0.623. The van der Waals surface area contributed by atoms with E-state index in [2.05, 4.69) is 77.5 Å². The predicted octanol–water partition coefficient (Wildman–Crippen LogP) is 7.36. The van der Waals surface area contributed by atoms with Crippen molar-refractivity contribution >= 4 is 35.6 Å². The number of hydrogen-bond donors (Lipinski definition) is 0. The Bertz CT molecular complexity index is 1160. The molecule has 3 aromatic carbocycles. The molecule has 3 unspecified atom stereocenters. The second-order valence-electron chi connectivity index (χ2n) is 9.98. The number of likely N-dealkylation sites (tertiary alicyclic amines) is 1. The van der Waals surface area contributed by atoms with Gasteiger partial charge in [0.2, 0.25) is 0 Å². The Morgan fingerprint density at radius 2 is 1.47 bits per heavy atom. The molecule has 3 aromatic rings. The number of likely N-dealkylation sites (N-methyl/N-ethyl adjacent to an activating group) is 1.